The maximum Gasteiger partial charge on any atom is 0.0810 e. The summed E-state index contributed by atoms with van der Waals surface area (Å²) in [4.78, 5) is 0. The van der Waals surface area contributed by atoms with Gasteiger partial charge in [0, 0.05) is 5.33 Å². The zero-order valence-corrected chi connectivity index (χ0v) is 7.90. The first-order chi connectivity index (χ1) is 4.93. The minimum Gasteiger partial charge on any atom is -0.373 e. The Morgan fingerprint density at radius 2 is 1.90 bits per heavy atom. The molecule has 0 aromatic rings. The molecule has 10 heavy (non-hydrogen) atoms. The van der Waals surface area contributed by atoms with Gasteiger partial charge in [-0.05, 0) is 12.8 Å². The molecule has 1 aliphatic rings. The third-order valence-corrected chi connectivity index (χ3v) is 2.37. The Kier molecular flexibility index (Phi) is 4.39. The monoisotopic (exact) mass is 206 g/mol. The summed E-state index contributed by atoms with van der Waals surface area (Å²) in [6.07, 6.45) is 7.37. The number of epoxide rings is 1. The van der Waals surface area contributed by atoms with Gasteiger partial charge in [-0.25, -0.2) is 0 Å². The molecule has 0 aromatic heterocycles. The summed E-state index contributed by atoms with van der Waals surface area (Å²) in [5, 5.41) is 1.16. The Morgan fingerprint density at radius 3 is 2.50 bits per heavy atom. The lowest BCUT2D eigenvalue weighted by molar-refractivity contribution is 0.388. The van der Waals surface area contributed by atoms with Crippen LogP contribution in [0.4, 0.5) is 0 Å². The van der Waals surface area contributed by atoms with Crippen molar-refractivity contribution in [3.8, 4) is 0 Å². The fourth-order valence-corrected chi connectivity index (χ4v) is 1.45. The zero-order valence-electron chi connectivity index (χ0n) is 6.31. The Balaban J connectivity index is 1.68. The van der Waals surface area contributed by atoms with Gasteiger partial charge in [-0.1, -0.05) is 35.2 Å². The van der Waals surface area contributed by atoms with Gasteiger partial charge in [-0.2, -0.15) is 0 Å². The standard InChI is InChI=1S/C8H15BrO/c9-6-4-2-1-3-5-8-7-10-8/h8H,1-7H2/t8-/m0/s1. The average molecular weight is 207 g/mol. The smallest absolute Gasteiger partial charge is 0.0810 e. The Hall–Kier alpha value is 0.440. The molecule has 1 fully saturated rings. The van der Waals surface area contributed by atoms with E-state index in [9.17, 15) is 0 Å². The van der Waals surface area contributed by atoms with Crippen molar-refractivity contribution < 1.29 is 4.74 Å². The molecular formula is C8H15BrO. The van der Waals surface area contributed by atoms with Crippen LogP contribution >= 0.6 is 15.9 Å². The number of ether oxygens (including phenoxy) is 1. The second kappa shape index (κ2) is 5.14. The molecule has 0 unspecified atom stereocenters. The van der Waals surface area contributed by atoms with Gasteiger partial charge in [0.1, 0.15) is 0 Å². The maximum absolute atomic E-state index is 5.11. The summed E-state index contributed by atoms with van der Waals surface area (Å²) in [7, 11) is 0. The van der Waals surface area contributed by atoms with Gasteiger partial charge in [0.25, 0.3) is 0 Å². The van der Waals surface area contributed by atoms with Crippen molar-refractivity contribution >= 4 is 15.9 Å². The molecule has 0 N–H and O–H groups in total. The molecule has 1 heterocycles. The van der Waals surface area contributed by atoms with Crippen molar-refractivity contribution in [2.45, 2.75) is 38.2 Å². The molecule has 0 bridgehead atoms. The first kappa shape index (κ1) is 8.54. The molecule has 1 rings (SSSR count). The topological polar surface area (TPSA) is 12.5 Å². The van der Waals surface area contributed by atoms with Crippen LogP contribution in [0.1, 0.15) is 32.1 Å². The SMILES string of the molecule is BrCCCCCC[C@H]1CO1. The lowest BCUT2D eigenvalue weighted by Gasteiger charge is -1.95. The Morgan fingerprint density at radius 1 is 1.20 bits per heavy atom. The van der Waals surface area contributed by atoms with Gasteiger partial charge < -0.3 is 4.74 Å². The van der Waals surface area contributed by atoms with Crippen LogP contribution in [0.3, 0.4) is 0 Å². The van der Waals surface area contributed by atoms with Crippen LogP contribution < -0.4 is 0 Å². The van der Waals surface area contributed by atoms with Crippen molar-refractivity contribution in [1.82, 2.24) is 0 Å². The molecule has 0 radical (unpaired) electrons. The maximum atomic E-state index is 5.11. The Bertz CT molecular complexity index is 81.3. The van der Waals surface area contributed by atoms with E-state index >= 15 is 0 Å². The third kappa shape index (κ3) is 4.29. The highest BCUT2D eigenvalue weighted by Gasteiger charge is 2.20. The van der Waals surface area contributed by atoms with E-state index < -0.39 is 0 Å². The predicted octanol–water partition coefficient (Wildman–Crippen LogP) is 2.73. The van der Waals surface area contributed by atoms with E-state index in [1.54, 1.807) is 0 Å². The molecule has 1 saturated heterocycles. The van der Waals surface area contributed by atoms with Crippen molar-refractivity contribution in [3.05, 3.63) is 0 Å². The minimum absolute atomic E-state index is 0.643. The highest BCUT2D eigenvalue weighted by molar-refractivity contribution is 9.09. The second-order valence-corrected chi connectivity index (χ2v) is 3.64. The van der Waals surface area contributed by atoms with Crippen molar-refractivity contribution in [2.75, 3.05) is 11.9 Å². The summed E-state index contributed by atoms with van der Waals surface area (Å²) in [5.74, 6) is 0. The number of unbranched alkanes of at least 4 members (excludes halogenated alkanes) is 3. The van der Waals surface area contributed by atoms with E-state index in [1.165, 1.54) is 32.1 Å². The molecule has 0 aromatic carbocycles. The van der Waals surface area contributed by atoms with Crippen LogP contribution in [-0.2, 0) is 4.74 Å². The van der Waals surface area contributed by atoms with Gasteiger partial charge in [0.05, 0.1) is 12.7 Å². The molecule has 2 heteroatoms. The Labute approximate surface area is 71.3 Å². The number of rotatable bonds is 6. The van der Waals surface area contributed by atoms with E-state index in [0.29, 0.717) is 6.10 Å². The number of hydrogen-bond acceptors (Lipinski definition) is 1. The molecule has 60 valence electrons. The van der Waals surface area contributed by atoms with Crippen LogP contribution in [0.5, 0.6) is 0 Å². The summed E-state index contributed by atoms with van der Waals surface area (Å²) < 4.78 is 5.11. The highest BCUT2D eigenvalue weighted by atomic mass is 79.9. The van der Waals surface area contributed by atoms with Gasteiger partial charge in [0.15, 0.2) is 0 Å². The quantitative estimate of drug-likeness (QED) is 0.370. The molecule has 1 aliphatic heterocycles. The van der Waals surface area contributed by atoms with Crippen molar-refractivity contribution in [1.29, 1.82) is 0 Å². The van der Waals surface area contributed by atoms with E-state index in [-0.39, 0.29) is 0 Å². The second-order valence-electron chi connectivity index (χ2n) is 2.85. The van der Waals surface area contributed by atoms with E-state index in [2.05, 4.69) is 15.9 Å². The summed E-state index contributed by atoms with van der Waals surface area (Å²) in [5.41, 5.74) is 0. The van der Waals surface area contributed by atoms with Crippen LogP contribution in [0, 0.1) is 0 Å². The number of alkyl halides is 1. The third-order valence-electron chi connectivity index (χ3n) is 1.81. The summed E-state index contributed by atoms with van der Waals surface area (Å²) >= 11 is 3.42. The fourth-order valence-electron chi connectivity index (χ4n) is 1.05. The predicted molar refractivity (Wildman–Crippen MR) is 46.6 cm³/mol. The van der Waals surface area contributed by atoms with Gasteiger partial charge >= 0.3 is 0 Å². The van der Waals surface area contributed by atoms with Crippen molar-refractivity contribution in [2.24, 2.45) is 0 Å². The molecule has 0 spiro atoms. The van der Waals surface area contributed by atoms with Gasteiger partial charge in [-0.15, -0.1) is 0 Å². The zero-order chi connectivity index (χ0) is 7.23. The number of halogens is 1. The molecule has 0 aliphatic carbocycles. The van der Waals surface area contributed by atoms with Crippen molar-refractivity contribution in [3.63, 3.8) is 0 Å². The van der Waals surface area contributed by atoms with E-state index in [0.717, 1.165) is 11.9 Å². The van der Waals surface area contributed by atoms with Gasteiger partial charge in [-0.3, -0.25) is 0 Å². The first-order valence-electron chi connectivity index (χ1n) is 4.11. The largest absolute Gasteiger partial charge is 0.373 e. The van der Waals surface area contributed by atoms with Crippen LogP contribution in [-0.4, -0.2) is 18.0 Å². The first-order valence-corrected chi connectivity index (χ1v) is 5.23. The van der Waals surface area contributed by atoms with E-state index in [1.807, 2.05) is 0 Å². The van der Waals surface area contributed by atoms with Crippen LogP contribution in [0.25, 0.3) is 0 Å². The summed E-state index contributed by atoms with van der Waals surface area (Å²) in [6.45, 7) is 1.03. The molecule has 0 saturated carbocycles. The van der Waals surface area contributed by atoms with Crippen LogP contribution in [0.2, 0.25) is 0 Å². The summed E-state index contributed by atoms with van der Waals surface area (Å²) in [6, 6.07) is 0. The molecular weight excluding hydrogens is 192 g/mol. The fraction of sp³-hybridized carbons (Fsp3) is 1.00. The number of hydrogen-bond donors (Lipinski definition) is 0. The average Bonchev–Trinajstić information content (AvgIpc) is 2.71. The normalized spacial score (nSPS) is 23.1. The minimum atomic E-state index is 0.643. The van der Waals surface area contributed by atoms with Gasteiger partial charge in [0.2, 0.25) is 0 Å². The van der Waals surface area contributed by atoms with Crippen LogP contribution in [0.15, 0.2) is 0 Å². The molecule has 1 nitrogen and oxygen atoms in total. The molecule has 1 atom stereocenters. The van der Waals surface area contributed by atoms with E-state index in [4.69, 9.17) is 4.74 Å². The molecule has 0 amide bonds. The highest BCUT2D eigenvalue weighted by Crippen LogP contribution is 2.17. The lowest BCUT2D eigenvalue weighted by Crippen LogP contribution is -1.85. The lowest BCUT2D eigenvalue weighted by atomic mass is 10.1.